The van der Waals surface area contributed by atoms with Gasteiger partial charge in [-0.3, -0.25) is 0 Å². The molecule has 1 atom stereocenters. The fraction of sp³-hybridized carbons (Fsp3) is 0.600. The second kappa shape index (κ2) is 6.60. The van der Waals surface area contributed by atoms with Crippen LogP contribution < -0.4 is 11.1 Å². The maximum Gasteiger partial charge on any atom is 0.0551 e. The molecule has 86 valence electrons. The maximum atomic E-state index is 5.76. The zero-order valence-corrected chi connectivity index (χ0v) is 11.6. The van der Waals surface area contributed by atoms with E-state index in [1.165, 1.54) is 4.88 Å². The molecule has 1 aromatic rings. The predicted molar refractivity (Wildman–Crippen MR) is 70.4 cm³/mol. The van der Waals surface area contributed by atoms with E-state index in [1.54, 1.807) is 11.3 Å². The molecule has 0 saturated carbocycles. The van der Waals surface area contributed by atoms with Crippen molar-refractivity contribution < 1.29 is 0 Å². The largest absolute Gasteiger partial charge is 0.329 e. The summed E-state index contributed by atoms with van der Waals surface area (Å²) in [5, 5.41) is 5.54. The fourth-order valence-corrected chi connectivity index (χ4v) is 3.04. The molecule has 0 bridgehead atoms. The Bertz CT molecular complexity index is 288. The van der Waals surface area contributed by atoms with Gasteiger partial charge in [-0.1, -0.05) is 0 Å². The summed E-state index contributed by atoms with van der Waals surface area (Å²) in [4.78, 5) is 3.44. The number of likely N-dealkylation sites (N-methyl/N-ethyl adjacent to an activating group) is 1. The summed E-state index contributed by atoms with van der Waals surface area (Å²) in [6.07, 6.45) is 0. The summed E-state index contributed by atoms with van der Waals surface area (Å²) >= 11 is 5.27. The third-order valence-corrected chi connectivity index (χ3v) is 4.13. The molecule has 0 spiro atoms. The molecule has 0 aliphatic rings. The van der Waals surface area contributed by atoms with Crippen molar-refractivity contribution >= 4 is 27.3 Å². The van der Waals surface area contributed by atoms with E-state index in [4.69, 9.17) is 5.73 Å². The lowest BCUT2D eigenvalue weighted by Crippen LogP contribution is -2.33. The van der Waals surface area contributed by atoms with Crippen LogP contribution in [0.4, 0.5) is 0 Å². The smallest absolute Gasteiger partial charge is 0.0551 e. The van der Waals surface area contributed by atoms with Crippen molar-refractivity contribution in [2.45, 2.75) is 6.04 Å². The number of thiophene rings is 1. The minimum atomic E-state index is 0.263. The molecule has 1 aromatic heterocycles. The number of nitrogens with one attached hydrogen (secondary N) is 1. The summed E-state index contributed by atoms with van der Waals surface area (Å²) in [6.45, 7) is 2.62. The monoisotopic (exact) mass is 291 g/mol. The van der Waals surface area contributed by atoms with Crippen LogP contribution in [0.15, 0.2) is 15.9 Å². The normalized spacial score (nSPS) is 13.4. The first kappa shape index (κ1) is 13.1. The molecule has 0 radical (unpaired) electrons. The highest BCUT2D eigenvalue weighted by Gasteiger charge is 2.13. The number of nitrogens with two attached hydrogens (primary N) is 1. The first-order valence-corrected chi connectivity index (χ1v) is 6.63. The SMILES string of the molecule is CN(C)CCNC(CN)c1sccc1Br. The quantitative estimate of drug-likeness (QED) is 0.838. The number of halogens is 1. The average Bonchev–Trinajstić information content (AvgIpc) is 2.59. The van der Waals surface area contributed by atoms with Gasteiger partial charge in [0.2, 0.25) is 0 Å². The van der Waals surface area contributed by atoms with E-state index in [9.17, 15) is 0 Å². The molecule has 0 aliphatic carbocycles. The van der Waals surface area contributed by atoms with Gasteiger partial charge in [0.25, 0.3) is 0 Å². The molecule has 3 nitrogen and oxygen atoms in total. The van der Waals surface area contributed by atoms with E-state index in [-0.39, 0.29) is 6.04 Å². The molecule has 0 fully saturated rings. The first-order valence-electron chi connectivity index (χ1n) is 4.96. The zero-order chi connectivity index (χ0) is 11.3. The van der Waals surface area contributed by atoms with Gasteiger partial charge in [0, 0.05) is 29.0 Å². The molecule has 5 heteroatoms. The van der Waals surface area contributed by atoms with Crippen LogP contribution in [0.2, 0.25) is 0 Å². The van der Waals surface area contributed by atoms with Crippen LogP contribution in [0, 0.1) is 0 Å². The number of hydrogen-bond acceptors (Lipinski definition) is 4. The van der Waals surface area contributed by atoms with Crippen molar-refractivity contribution in [3.05, 3.63) is 20.8 Å². The Balaban J connectivity index is 2.46. The Morgan fingerprint density at radius 1 is 1.60 bits per heavy atom. The van der Waals surface area contributed by atoms with Crippen LogP contribution in [0.3, 0.4) is 0 Å². The Morgan fingerprint density at radius 2 is 2.33 bits per heavy atom. The van der Waals surface area contributed by atoms with Crippen molar-refractivity contribution in [1.29, 1.82) is 0 Å². The summed E-state index contributed by atoms with van der Waals surface area (Å²) < 4.78 is 1.15. The predicted octanol–water partition coefficient (Wildman–Crippen LogP) is 1.66. The van der Waals surface area contributed by atoms with Crippen LogP contribution in [-0.2, 0) is 0 Å². The summed E-state index contributed by atoms with van der Waals surface area (Å²) in [7, 11) is 4.14. The van der Waals surface area contributed by atoms with Gasteiger partial charge in [-0.15, -0.1) is 11.3 Å². The molecule has 1 heterocycles. The van der Waals surface area contributed by atoms with Crippen LogP contribution in [0.5, 0.6) is 0 Å². The highest BCUT2D eigenvalue weighted by atomic mass is 79.9. The third-order valence-electron chi connectivity index (χ3n) is 2.15. The highest BCUT2D eigenvalue weighted by Crippen LogP contribution is 2.28. The van der Waals surface area contributed by atoms with E-state index in [1.807, 2.05) is 0 Å². The van der Waals surface area contributed by atoms with Crippen molar-refractivity contribution in [3.63, 3.8) is 0 Å². The topological polar surface area (TPSA) is 41.3 Å². The summed E-state index contributed by atoms with van der Waals surface area (Å²) in [6, 6.07) is 2.33. The van der Waals surface area contributed by atoms with Crippen LogP contribution in [0.1, 0.15) is 10.9 Å². The molecule has 0 aliphatic heterocycles. The van der Waals surface area contributed by atoms with Gasteiger partial charge in [0.1, 0.15) is 0 Å². The van der Waals surface area contributed by atoms with E-state index >= 15 is 0 Å². The zero-order valence-electron chi connectivity index (χ0n) is 9.16. The number of rotatable bonds is 6. The number of hydrogen-bond donors (Lipinski definition) is 2. The van der Waals surface area contributed by atoms with Gasteiger partial charge in [-0.25, -0.2) is 0 Å². The summed E-state index contributed by atoms with van der Waals surface area (Å²) in [5.41, 5.74) is 5.76. The van der Waals surface area contributed by atoms with Gasteiger partial charge >= 0.3 is 0 Å². The Morgan fingerprint density at radius 3 is 2.80 bits per heavy atom. The lowest BCUT2D eigenvalue weighted by molar-refractivity contribution is 0.386. The standard InChI is InChI=1S/C10H18BrN3S/c1-14(2)5-4-13-9(7-12)10-8(11)3-6-15-10/h3,6,9,13H,4-5,7,12H2,1-2H3. The Labute approximate surface area is 104 Å². The number of nitrogens with zero attached hydrogens (tertiary/aromatic N) is 1. The molecule has 3 N–H and O–H groups in total. The summed E-state index contributed by atoms with van der Waals surface area (Å²) in [5.74, 6) is 0. The van der Waals surface area contributed by atoms with E-state index in [2.05, 4.69) is 51.7 Å². The second-order valence-corrected chi connectivity index (χ2v) is 5.48. The van der Waals surface area contributed by atoms with Gasteiger partial charge < -0.3 is 16.0 Å². The Kier molecular flexibility index (Phi) is 5.78. The molecule has 0 saturated heterocycles. The maximum absolute atomic E-state index is 5.76. The van der Waals surface area contributed by atoms with Gasteiger partial charge in [-0.05, 0) is 41.5 Å². The van der Waals surface area contributed by atoms with Crippen LogP contribution in [0.25, 0.3) is 0 Å². The highest BCUT2D eigenvalue weighted by molar-refractivity contribution is 9.10. The lowest BCUT2D eigenvalue weighted by atomic mass is 10.2. The molecule has 1 unspecified atom stereocenters. The van der Waals surface area contributed by atoms with Crippen molar-refractivity contribution in [1.82, 2.24) is 10.2 Å². The average molecular weight is 292 g/mol. The fourth-order valence-electron chi connectivity index (χ4n) is 1.30. The Hall–Kier alpha value is 0.0600. The molecule has 15 heavy (non-hydrogen) atoms. The van der Waals surface area contributed by atoms with Crippen molar-refractivity contribution in [2.24, 2.45) is 5.73 Å². The molecular formula is C10H18BrN3S. The van der Waals surface area contributed by atoms with Gasteiger partial charge in [-0.2, -0.15) is 0 Å². The lowest BCUT2D eigenvalue weighted by Gasteiger charge is -2.17. The third kappa shape index (κ3) is 4.20. The van der Waals surface area contributed by atoms with E-state index in [0.29, 0.717) is 6.54 Å². The first-order chi connectivity index (χ1) is 7.15. The van der Waals surface area contributed by atoms with Crippen molar-refractivity contribution in [2.75, 3.05) is 33.7 Å². The van der Waals surface area contributed by atoms with Gasteiger partial charge in [0.05, 0.1) is 6.04 Å². The molecular weight excluding hydrogens is 274 g/mol. The van der Waals surface area contributed by atoms with Crippen molar-refractivity contribution in [3.8, 4) is 0 Å². The van der Waals surface area contributed by atoms with Gasteiger partial charge in [0.15, 0.2) is 0 Å². The van der Waals surface area contributed by atoms with Crippen LogP contribution in [-0.4, -0.2) is 38.6 Å². The minimum Gasteiger partial charge on any atom is -0.329 e. The molecule has 0 aromatic carbocycles. The van der Waals surface area contributed by atoms with E-state index in [0.717, 1.165) is 17.6 Å². The van der Waals surface area contributed by atoms with E-state index < -0.39 is 0 Å². The molecule has 1 rings (SSSR count). The molecule has 0 amide bonds. The second-order valence-electron chi connectivity index (χ2n) is 3.68. The minimum absolute atomic E-state index is 0.263. The van der Waals surface area contributed by atoms with Crippen LogP contribution >= 0.6 is 27.3 Å².